The van der Waals surface area contributed by atoms with Crippen LogP contribution in [0.15, 0.2) is 240 Å². The number of aldehydes is 1. The number of hydrogen-bond donors (Lipinski definition) is 5. The summed E-state index contributed by atoms with van der Waals surface area (Å²) in [7, 11) is -3.54. The van der Waals surface area contributed by atoms with E-state index in [1.54, 1.807) is 103 Å². The molecular weight excluding hydrogens is 1120 g/mol. The van der Waals surface area contributed by atoms with E-state index in [0.29, 0.717) is 50.9 Å². The minimum atomic E-state index is -4.90. The van der Waals surface area contributed by atoms with Gasteiger partial charge in [-0.15, -0.1) is 11.8 Å². The molecule has 0 unspecified atom stereocenters. The van der Waals surface area contributed by atoms with Gasteiger partial charge in [0.15, 0.2) is 0 Å². The van der Waals surface area contributed by atoms with Crippen molar-refractivity contribution in [3.05, 3.63) is 268 Å². The molecule has 0 fully saturated rings. The molecule has 4 amide bonds. The molecule has 0 saturated heterocycles. The number of amides is 4. The highest BCUT2D eigenvalue weighted by atomic mass is 79.9. The van der Waals surface area contributed by atoms with E-state index in [9.17, 15) is 50.4 Å². The fourth-order valence-electron chi connectivity index (χ4n) is 6.39. The number of halogens is 4. The van der Waals surface area contributed by atoms with E-state index in [0.717, 1.165) is 39.2 Å². The number of alkyl halides is 3. The van der Waals surface area contributed by atoms with Gasteiger partial charge in [-0.25, -0.2) is 13.6 Å². The van der Waals surface area contributed by atoms with Gasteiger partial charge in [0, 0.05) is 54.4 Å². The predicted molar refractivity (Wildman–Crippen MR) is 310 cm³/mol. The second kappa shape index (κ2) is 31.3. The molecule has 0 atom stereocenters. The van der Waals surface area contributed by atoms with Gasteiger partial charge in [-0.3, -0.25) is 28.8 Å². The number of benzene rings is 8. The highest BCUT2D eigenvalue weighted by Crippen LogP contribution is 2.22. The van der Waals surface area contributed by atoms with Crippen molar-refractivity contribution < 1.29 is 50.4 Å². The first-order valence-electron chi connectivity index (χ1n) is 23.4. The van der Waals surface area contributed by atoms with Crippen LogP contribution in [-0.2, 0) is 19.6 Å². The van der Waals surface area contributed by atoms with Crippen molar-refractivity contribution in [3.8, 4) is 0 Å². The first-order valence-corrected chi connectivity index (χ1v) is 26.9. The van der Waals surface area contributed by atoms with Crippen molar-refractivity contribution in [1.29, 1.82) is 0 Å². The Morgan fingerprint density at radius 3 is 1.20 bits per heavy atom. The smallest absolute Gasteiger partial charge is 0.322 e. The Morgan fingerprint density at radius 2 is 0.835 bits per heavy atom. The van der Waals surface area contributed by atoms with Gasteiger partial charge in [-0.05, 0) is 132 Å². The number of thioether (sulfide) groups is 1. The Morgan fingerprint density at radius 1 is 0.481 bits per heavy atom. The zero-order valence-electron chi connectivity index (χ0n) is 41.6. The van der Waals surface area contributed by atoms with Gasteiger partial charge >= 0.3 is 6.18 Å². The lowest BCUT2D eigenvalue weighted by molar-refractivity contribution is -0.165. The number of nitrogens with two attached hydrogens (primary N) is 1. The summed E-state index contributed by atoms with van der Waals surface area (Å²) in [5, 5.41) is 15.8. The van der Waals surface area contributed by atoms with Gasteiger partial charge in [0.2, 0.25) is 10.0 Å². The van der Waals surface area contributed by atoms with Crippen molar-refractivity contribution in [1.82, 2.24) is 0 Å². The lowest BCUT2D eigenvalue weighted by Crippen LogP contribution is -2.19. The first-order chi connectivity index (χ1) is 37.8. The number of carbonyl (C=O) groups is 6. The molecule has 13 nitrogen and oxygen atoms in total. The van der Waals surface area contributed by atoms with Crippen LogP contribution in [0.1, 0.15) is 52.6 Å². The average Bonchev–Trinajstić information content (AvgIpc) is 3.45. The Bertz CT molecular complexity index is 3500. The fourth-order valence-corrected chi connectivity index (χ4v) is 8.38. The number of nitrogens with one attached hydrogen (secondary N) is 4. The molecule has 0 heterocycles. The lowest BCUT2D eigenvalue weighted by Gasteiger charge is -2.06. The standard InChI is InChI=1S/C17H12F3NO2.C16H13NO2.C14H14N2O3S2.C13H10BrNO/c18-17(19,20)15(22)10-9-12-5-4-6-13(11-12)16(23)21-14-7-2-1-3-8-14;18-11-5-7-13-6-4-8-14(12-13)16(19)17-15-9-2-1-3-10-15;15-21(18,19)10-20-13-8-4-5-11(9-13)14(17)16-12-6-2-1-3-7-12;14-11-6-4-5-10(9-11)13(16)15-12-7-2-1-3-8-12/h1-11H,(H,21,23);1-12H,(H,17,19);1-9H,10H2,(H,16,17)(H2,15,18,19);1-9H,(H,15,16)/b10-9+;7-5+;;. The first kappa shape index (κ1) is 60.9. The Labute approximate surface area is 467 Å². The number of ketones is 1. The number of anilines is 4. The van der Waals surface area contributed by atoms with Gasteiger partial charge in [0.05, 0.1) is 0 Å². The van der Waals surface area contributed by atoms with Crippen molar-refractivity contribution in [2.75, 3.05) is 26.4 Å². The largest absolute Gasteiger partial charge is 0.454 e. The van der Waals surface area contributed by atoms with Crippen LogP contribution >= 0.6 is 27.7 Å². The van der Waals surface area contributed by atoms with Gasteiger partial charge in [-0.1, -0.05) is 137 Å². The molecule has 0 aliphatic carbocycles. The number of rotatable bonds is 15. The molecule has 0 aliphatic rings. The van der Waals surface area contributed by atoms with E-state index in [2.05, 4.69) is 37.2 Å². The Hall–Kier alpha value is -9.01. The molecule has 402 valence electrons. The Balaban J connectivity index is 0.000000195. The highest BCUT2D eigenvalue weighted by molar-refractivity contribution is 9.10. The van der Waals surface area contributed by atoms with Gasteiger partial charge in [0.1, 0.15) is 11.4 Å². The Kier molecular flexibility index (Phi) is 24.1. The summed E-state index contributed by atoms with van der Waals surface area (Å²) in [6, 6.07) is 63.6. The van der Waals surface area contributed by atoms with E-state index in [4.69, 9.17) is 5.14 Å². The molecule has 0 spiro atoms. The monoisotopic (exact) mass is 1170 g/mol. The number of para-hydroxylation sites is 4. The summed E-state index contributed by atoms with van der Waals surface area (Å²) in [4.78, 5) is 69.8. The second-order valence-corrected chi connectivity index (χ2v) is 20.1. The van der Waals surface area contributed by atoms with E-state index >= 15 is 0 Å². The maximum Gasteiger partial charge on any atom is 0.454 e. The van der Waals surface area contributed by atoms with Crippen molar-refractivity contribution in [2.24, 2.45) is 5.14 Å². The third-order valence-electron chi connectivity index (χ3n) is 10.1. The molecule has 0 radical (unpaired) electrons. The number of allylic oxidation sites excluding steroid dienone is 2. The molecule has 8 aromatic rings. The highest BCUT2D eigenvalue weighted by Gasteiger charge is 2.36. The summed E-state index contributed by atoms with van der Waals surface area (Å²) >= 11 is 4.41. The number of hydrogen-bond acceptors (Lipinski definition) is 9. The third kappa shape index (κ3) is 23.0. The van der Waals surface area contributed by atoms with Crippen LogP contribution in [-0.4, -0.2) is 55.4 Å². The van der Waals surface area contributed by atoms with Crippen LogP contribution in [0, 0.1) is 0 Å². The minimum absolute atomic E-state index is 0.104. The van der Waals surface area contributed by atoms with Gasteiger partial charge in [-0.2, -0.15) is 13.2 Å². The number of sulfonamides is 1. The number of carbonyl (C=O) groups excluding carboxylic acids is 6. The van der Waals surface area contributed by atoms with Crippen LogP contribution in [0.4, 0.5) is 35.9 Å². The van der Waals surface area contributed by atoms with Gasteiger partial charge in [0.25, 0.3) is 29.4 Å². The maximum absolute atomic E-state index is 12.1. The van der Waals surface area contributed by atoms with Crippen molar-refractivity contribution in [3.63, 3.8) is 0 Å². The predicted octanol–water partition coefficient (Wildman–Crippen LogP) is 13.2. The quantitative estimate of drug-likeness (QED) is 0.0375. The normalized spacial score (nSPS) is 10.7. The van der Waals surface area contributed by atoms with E-state index in [1.165, 1.54) is 30.3 Å². The lowest BCUT2D eigenvalue weighted by atomic mass is 10.1. The number of primary sulfonamides is 1. The van der Waals surface area contributed by atoms with Crippen LogP contribution < -0.4 is 26.4 Å². The van der Waals surface area contributed by atoms with Crippen molar-refractivity contribution >= 4 is 108 Å². The molecule has 6 N–H and O–H groups in total. The molecule has 19 heteroatoms. The summed E-state index contributed by atoms with van der Waals surface area (Å²) < 4.78 is 59.2. The van der Waals surface area contributed by atoms with Crippen LogP contribution in [0.3, 0.4) is 0 Å². The molecule has 0 saturated carbocycles. The van der Waals surface area contributed by atoms with Crippen LogP contribution in [0.2, 0.25) is 0 Å². The van der Waals surface area contributed by atoms with E-state index < -0.39 is 27.9 Å². The van der Waals surface area contributed by atoms with Crippen LogP contribution in [0.5, 0.6) is 0 Å². The molecular formula is C60H49BrF3N5O8S2. The zero-order valence-corrected chi connectivity index (χ0v) is 44.8. The van der Waals surface area contributed by atoms with Gasteiger partial charge < -0.3 is 21.3 Å². The fraction of sp³-hybridized carbons (Fsp3) is 0.0333. The molecule has 0 aliphatic heterocycles. The zero-order chi connectivity index (χ0) is 57.0. The molecule has 79 heavy (non-hydrogen) atoms. The van der Waals surface area contributed by atoms with Crippen LogP contribution in [0.25, 0.3) is 12.2 Å². The maximum atomic E-state index is 12.1. The second-order valence-electron chi connectivity index (χ2n) is 16.2. The van der Waals surface area contributed by atoms with E-state index in [-0.39, 0.29) is 28.4 Å². The summed E-state index contributed by atoms with van der Waals surface area (Å²) in [5.74, 6) is -2.87. The minimum Gasteiger partial charge on any atom is -0.322 e. The molecule has 0 aromatic heterocycles. The third-order valence-corrected chi connectivity index (χ3v) is 12.9. The SMILES string of the molecule is NS(=O)(=O)CSc1cccc(C(=O)Nc2ccccc2)c1.O=C(Nc1ccccc1)c1cccc(/C=C/C(=O)C(F)(F)F)c1.O=C(Nc1ccccc1)c1cccc(Br)c1.O=C/C=C/c1cccc(C(=O)Nc2ccccc2)c1. The molecule has 8 rings (SSSR count). The average molecular weight is 1170 g/mol. The summed E-state index contributed by atoms with van der Waals surface area (Å²) in [5.41, 5.74) is 5.91. The summed E-state index contributed by atoms with van der Waals surface area (Å²) in [6.45, 7) is 0. The van der Waals surface area contributed by atoms with Crippen molar-refractivity contribution in [2.45, 2.75) is 11.1 Å². The topological polar surface area (TPSA) is 211 Å². The van der Waals surface area contributed by atoms with E-state index in [1.807, 2.05) is 97.1 Å². The summed E-state index contributed by atoms with van der Waals surface area (Å²) in [6.07, 6.45) is 0.319. The molecule has 0 bridgehead atoms. The molecule has 8 aromatic carbocycles.